The van der Waals surface area contributed by atoms with E-state index >= 15 is 0 Å². The predicted octanol–water partition coefficient (Wildman–Crippen LogP) is 7.75. The molecule has 3 fully saturated rings. The monoisotopic (exact) mass is 892 g/mol. The molecule has 4 aromatic carbocycles. The Hall–Kier alpha value is -7.20. The Labute approximate surface area is 381 Å². The summed E-state index contributed by atoms with van der Waals surface area (Å²) in [5.41, 5.74) is 7.43. The van der Waals surface area contributed by atoms with Gasteiger partial charge in [-0.05, 0) is 90.3 Å². The van der Waals surface area contributed by atoms with Crippen LogP contribution in [-0.4, -0.2) is 100 Å². The number of nitrogens with zero attached hydrogens (tertiary/aromatic N) is 4. The number of H-pyrrole nitrogens is 2. The minimum atomic E-state index is -0.893. The first-order valence-corrected chi connectivity index (χ1v) is 22.6. The molecule has 66 heavy (non-hydrogen) atoms. The van der Waals surface area contributed by atoms with E-state index in [4.69, 9.17) is 28.9 Å². The zero-order chi connectivity index (χ0) is 45.3. The Morgan fingerprint density at radius 2 is 1.33 bits per heavy atom. The molecule has 0 bridgehead atoms. The van der Waals surface area contributed by atoms with Crippen molar-refractivity contribution in [2.45, 2.75) is 69.3 Å². The SMILES string of the molecule is COC(=O)NC(C(=O)N1CCCC1c1ncc(-c2ccc3c4c(ccc3c2)-c2ccc(-c3cnc(C5CCCN5C(=O)C(NC(=O)OC)C5CCOCC5)[nH]3)cc2CO4)[nH]1)c1ccccc1. The molecule has 4 atom stereocenters. The van der Waals surface area contributed by atoms with E-state index in [0.717, 1.165) is 81.4 Å². The highest BCUT2D eigenvalue weighted by Crippen LogP contribution is 2.44. The van der Waals surface area contributed by atoms with E-state index in [9.17, 15) is 19.2 Å². The minimum Gasteiger partial charge on any atom is -0.488 e. The van der Waals surface area contributed by atoms with Crippen LogP contribution in [0.25, 0.3) is 44.4 Å². The lowest BCUT2D eigenvalue weighted by atomic mass is 9.90. The molecule has 0 aliphatic carbocycles. The predicted molar refractivity (Wildman–Crippen MR) is 244 cm³/mol. The van der Waals surface area contributed by atoms with E-state index in [0.29, 0.717) is 63.0 Å². The molecule has 16 heteroatoms. The summed E-state index contributed by atoms with van der Waals surface area (Å²) in [6, 6.07) is 23.9. The molecule has 3 saturated heterocycles. The average Bonchev–Trinajstić information content (AvgIpc) is 4.22. The fraction of sp³-hybridized carbons (Fsp3) is 0.360. The number of nitrogens with one attached hydrogen (secondary N) is 4. The fourth-order valence-corrected chi connectivity index (χ4v) is 10.1. The molecule has 4 aliphatic heterocycles. The fourth-order valence-electron chi connectivity index (χ4n) is 10.1. The molecule has 16 nitrogen and oxygen atoms in total. The number of imidazole rings is 2. The summed E-state index contributed by atoms with van der Waals surface area (Å²) in [6.45, 7) is 2.62. The lowest BCUT2D eigenvalue weighted by molar-refractivity contribution is -0.137. The standard InChI is InChI=1S/C50H52N8O8/c1-63-49(61)55-42(29-8-4-3-5-9-29)47(59)57-20-6-10-40(57)45-51-26-38(53-45)32-14-16-36-31(24-32)12-17-37-35-15-13-33(25-34(35)28-66-44(36)37)39-27-52-46(54-39)41-11-7-21-58(41)48(60)43(56-50(62)64-2)30-18-22-65-23-19-30/h3-5,8-9,12-17,24-27,30,40-43H,6-7,10-11,18-23,28H2,1-2H3,(H,51,53)(H,52,54)(H,55,61)(H,56,62). The molecule has 10 rings (SSSR count). The van der Waals surface area contributed by atoms with Crippen molar-refractivity contribution in [3.8, 4) is 39.4 Å². The Bertz CT molecular complexity index is 2780. The molecule has 6 aromatic rings. The number of amides is 4. The maximum atomic E-state index is 14.1. The quantitative estimate of drug-likeness (QED) is 0.106. The number of ether oxygens (including phenoxy) is 4. The topological polar surface area (TPSA) is 193 Å². The third-order valence-corrected chi connectivity index (χ3v) is 13.5. The third-order valence-electron chi connectivity index (χ3n) is 13.5. The number of rotatable bonds is 10. The van der Waals surface area contributed by atoms with Gasteiger partial charge in [0.1, 0.15) is 36.1 Å². The molecule has 4 aliphatic rings. The second-order valence-electron chi connectivity index (χ2n) is 17.3. The second-order valence-corrected chi connectivity index (χ2v) is 17.3. The highest BCUT2D eigenvalue weighted by atomic mass is 16.5. The lowest BCUT2D eigenvalue weighted by Crippen LogP contribution is -2.53. The summed E-state index contributed by atoms with van der Waals surface area (Å²) in [4.78, 5) is 72.9. The lowest BCUT2D eigenvalue weighted by Gasteiger charge is -2.34. The molecule has 0 saturated carbocycles. The Morgan fingerprint density at radius 3 is 2.02 bits per heavy atom. The summed E-state index contributed by atoms with van der Waals surface area (Å²) in [5, 5.41) is 7.56. The number of likely N-dealkylation sites (tertiary alicyclic amines) is 2. The molecule has 2 aromatic heterocycles. The van der Waals surface area contributed by atoms with Crippen molar-refractivity contribution in [3.05, 3.63) is 114 Å². The molecule has 4 N–H and O–H groups in total. The smallest absolute Gasteiger partial charge is 0.407 e. The molecule has 0 spiro atoms. The van der Waals surface area contributed by atoms with Crippen molar-refractivity contribution in [2.24, 2.45) is 5.92 Å². The van der Waals surface area contributed by atoms with Crippen LogP contribution in [0.4, 0.5) is 9.59 Å². The first-order valence-electron chi connectivity index (χ1n) is 22.6. The van der Waals surface area contributed by atoms with Gasteiger partial charge in [-0.3, -0.25) is 9.59 Å². The van der Waals surface area contributed by atoms with Gasteiger partial charge in [0.15, 0.2) is 0 Å². The summed E-state index contributed by atoms with van der Waals surface area (Å²) >= 11 is 0. The largest absolute Gasteiger partial charge is 0.488 e. The second kappa shape index (κ2) is 18.4. The van der Waals surface area contributed by atoms with E-state index in [1.54, 1.807) is 4.90 Å². The summed E-state index contributed by atoms with van der Waals surface area (Å²) in [6.07, 6.45) is 6.85. The number of hydrogen-bond donors (Lipinski definition) is 4. The van der Waals surface area contributed by atoms with Crippen LogP contribution in [0, 0.1) is 5.92 Å². The van der Waals surface area contributed by atoms with Crippen molar-refractivity contribution in [3.63, 3.8) is 0 Å². The number of hydrogen-bond acceptors (Lipinski definition) is 10. The van der Waals surface area contributed by atoms with Crippen LogP contribution < -0.4 is 15.4 Å². The Kier molecular flexibility index (Phi) is 11.9. The first-order chi connectivity index (χ1) is 32.3. The summed E-state index contributed by atoms with van der Waals surface area (Å²) in [5.74, 6) is 1.86. The van der Waals surface area contributed by atoms with Gasteiger partial charge in [0, 0.05) is 42.8 Å². The van der Waals surface area contributed by atoms with Crippen molar-refractivity contribution in [2.75, 3.05) is 40.5 Å². The van der Waals surface area contributed by atoms with E-state index < -0.39 is 24.3 Å². The summed E-state index contributed by atoms with van der Waals surface area (Å²) < 4.78 is 21.8. The van der Waals surface area contributed by atoms with Crippen LogP contribution in [0.2, 0.25) is 0 Å². The van der Waals surface area contributed by atoms with Gasteiger partial charge in [-0.25, -0.2) is 19.6 Å². The van der Waals surface area contributed by atoms with Crippen LogP contribution in [0.5, 0.6) is 5.75 Å². The van der Waals surface area contributed by atoms with Crippen molar-refractivity contribution >= 4 is 34.8 Å². The number of benzene rings is 4. The number of aromatic nitrogens is 4. The number of alkyl carbamates (subject to hydrolysis) is 2. The van der Waals surface area contributed by atoms with E-state index in [2.05, 4.69) is 69.1 Å². The average molecular weight is 893 g/mol. The van der Waals surface area contributed by atoms with Gasteiger partial charge in [-0.2, -0.15) is 0 Å². The molecule has 4 unspecified atom stereocenters. The molecular formula is C50H52N8O8. The maximum absolute atomic E-state index is 14.1. The zero-order valence-electron chi connectivity index (χ0n) is 36.9. The normalized spacial score (nSPS) is 19.1. The summed E-state index contributed by atoms with van der Waals surface area (Å²) in [7, 11) is 2.59. The molecule has 6 heterocycles. The van der Waals surface area contributed by atoms with Crippen LogP contribution in [0.15, 0.2) is 91.3 Å². The Balaban J connectivity index is 0.846. The molecule has 4 amide bonds. The van der Waals surface area contributed by atoms with Crippen LogP contribution >= 0.6 is 0 Å². The van der Waals surface area contributed by atoms with Gasteiger partial charge < -0.3 is 49.3 Å². The van der Waals surface area contributed by atoms with Gasteiger partial charge in [-0.15, -0.1) is 0 Å². The maximum Gasteiger partial charge on any atom is 0.407 e. The highest BCUT2D eigenvalue weighted by Gasteiger charge is 2.41. The Morgan fingerprint density at radius 1 is 0.712 bits per heavy atom. The third kappa shape index (κ3) is 8.21. The number of fused-ring (bicyclic) bond motifs is 5. The molecular weight excluding hydrogens is 841 g/mol. The minimum absolute atomic E-state index is 0.0390. The van der Waals surface area contributed by atoms with Gasteiger partial charge in [-0.1, -0.05) is 60.7 Å². The number of carbonyl (C=O) groups excluding carboxylic acids is 4. The first kappa shape index (κ1) is 42.7. The van der Waals surface area contributed by atoms with Crippen molar-refractivity contribution < 1.29 is 38.1 Å². The van der Waals surface area contributed by atoms with Gasteiger partial charge in [0.05, 0.1) is 50.1 Å². The number of methoxy groups -OCH3 is 2. The highest BCUT2D eigenvalue weighted by molar-refractivity contribution is 5.98. The molecule has 340 valence electrons. The van der Waals surface area contributed by atoms with E-state index in [1.165, 1.54) is 14.2 Å². The van der Waals surface area contributed by atoms with Crippen LogP contribution in [-0.2, 0) is 30.4 Å². The van der Waals surface area contributed by atoms with Crippen LogP contribution in [0.3, 0.4) is 0 Å². The van der Waals surface area contributed by atoms with Gasteiger partial charge >= 0.3 is 12.2 Å². The van der Waals surface area contributed by atoms with Crippen LogP contribution in [0.1, 0.15) is 79.4 Å². The van der Waals surface area contributed by atoms with E-state index in [-0.39, 0.29) is 29.8 Å². The number of carbonyl (C=O) groups is 4. The van der Waals surface area contributed by atoms with Gasteiger partial charge in [0.25, 0.3) is 5.91 Å². The number of aromatic amines is 2. The van der Waals surface area contributed by atoms with E-state index in [1.807, 2.05) is 47.6 Å². The molecule has 0 radical (unpaired) electrons. The van der Waals surface area contributed by atoms with Gasteiger partial charge in [0.2, 0.25) is 5.91 Å². The van der Waals surface area contributed by atoms with Crippen molar-refractivity contribution in [1.29, 1.82) is 0 Å². The van der Waals surface area contributed by atoms with Crippen molar-refractivity contribution in [1.82, 2.24) is 40.4 Å². The zero-order valence-corrected chi connectivity index (χ0v) is 36.9.